The van der Waals surface area contributed by atoms with Crippen LogP contribution in [-0.2, 0) is 17.1 Å². The van der Waals surface area contributed by atoms with Crippen molar-refractivity contribution in [3.05, 3.63) is 100.0 Å². The molecule has 5 rings (SSSR count). The van der Waals surface area contributed by atoms with Crippen molar-refractivity contribution < 1.29 is 31.1 Å². The standard InChI is InChI=1S/C33H32F6N4O/c1-20-13-14-44-25(17-27(20)26-12-11-24(32(34,35)36)16-28(26)33(37,38)39)15-22-7-6-10-29-30(19-40-18-22)43-31(42-29)41-21(2)23-8-4-3-5-9-23/h3-5,8-12,16-17,19,21-22H,6-7,13-15,18H2,1-2H3,(H,41,42). The summed E-state index contributed by atoms with van der Waals surface area (Å²) in [6.45, 7) is 4.38. The first-order valence-corrected chi connectivity index (χ1v) is 14.4. The third-order valence-corrected chi connectivity index (χ3v) is 7.81. The Hall–Kier alpha value is -4.15. The van der Waals surface area contributed by atoms with E-state index in [0.29, 0.717) is 54.9 Å². The molecule has 0 radical (unpaired) electrons. The van der Waals surface area contributed by atoms with Crippen molar-refractivity contribution >= 4 is 23.5 Å². The van der Waals surface area contributed by atoms with Crippen LogP contribution in [0.2, 0.25) is 0 Å². The van der Waals surface area contributed by atoms with Crippen molar-refractivity contribution in [2.45, 2.75) is 57.9 Å². The van der Waals surface area contributed by atoms with Gasteiger partial charge >= 0.3 is 12.4 Å². The first-order valence-electron chi connectivity index (χ1n) is 14.4. The maximum Gasteiger partial charge on any atom is 0.417 e. The van der Waals surface area contributed by atoms with Crippen LogP contribution in [-0.4, -0.2) is 31.0 Å². The van der Waals surface area contributed by atoms with Crippen molar-refractivity contribution in [2.75, 3.05) is 13.2 Å². The van der Waals surface area contributed by atoms with Crippen LogP contribution in [0.15, 0.2) is 92.7 Å². The summed E-state index contributed by atoms with van der Waals surface area (Å²) in [7, 11) is 0. The fourth-order valence-corrected chi connectivity index (χ4v) is 5.40. The summed E-state index contributed by atoms with van der Waals surface area (Å²) < 4.78 is 87.6. The molecule has 0 fully saturated rings. The highest BCUT2D eigenvalue weighted by atomic mass is 19.4. The average Bonchev–Trinajstić information content (AvgIpc) is 3.28. The van der Waals surface area contributed by atoms with Crippen LogP contribution >= 0.6 is 0 Å². The van der Waals surface area contributed by atoms with Gasteiger partial charge in [-0.25, -0.2) is 9.98 Å². The van der Waals surface area contributed by atoms with Gasteiger partial charge in [0.15, 0.2) is 0 Å². The number of fused-ring (bicyclic) bond motifs is 1. The molecule has 0 saturated heterocycles. The topological polar surface area (TPSA) is 58.3 Å². The minimum atomic E-state index is -4.97. The van der Waals surface area contributed by atoms with E-state index in [4.69, 9.17) is 9.73 Å². The van der Waals surface area contributed by atoms with Crippen LogP contribution in [0.4, 0.5) is 26.3 Å². The summed E-state index contributed by atoms with van der Waals surface area (Å²) in [5.74, 6) is 1.02. The molecular formula is C33H32F6N4O. The molecule has 0 saturated carbocycles. The molecule has 2 unspecified atom stereocenters. The zero-order valence-electron chi connectivity index (χ0n) is 24.3. The molecule has 2 atom stereocenters. The summed E-state index contributed by atoms with van der Waals surface area (Å²) in [5, 5.41) is 3.26. The highest BCUT2D eigenvalue weighted by molar-refractivity contribution is 6.42. The second-order valence-corrected chi connectivity index (χ2v) is 11.1. The summed E-state index contributed by atoms with van der Waals surface area (Å²) in [4.78, 5) is 13.9. The molecule has 2 aromatic carbocycles. The lowest BCUT2D eigenvalue weighted by molar-refractivity contribution is -0.143. The van der Waals surface area contributed by atoms with Gasteiger partial charge in [0.2, 0.25) is 5.96 Å². The van der Waals surface area contributed by atoms with Gasteiger partial charge in [0.25, 0.3) is 0 Å². The molecule has 3 aliphatic heterocycles. The van der Waals surface area contributed by atoms with Gasteiger partial charge < -0.3 is 10.1 Å². The summed E-state index contributed by atoms with van der Waals surface area (Å²) in [5.41, 5.74) is 0.461. The average molecular weight is 615 g/mol. The van der Waals surface area contributed by atoms with Crippen molar-refractivity contribution in [1.29, 1.82) is 0 Å². The van der Waals surface area contributed by atoms with Gasteiger partial charge in [-0.3, -0.25) is 4.99 Å². The van der Waals surface area contributed by atoms with Crippen LogP contribution in [0.5, 0.6) is 0 Å². The van der Waals surface area contributed by atoms with Crippen LogP contribution in [0.3, 0.4) is 0 Å². The number of halogens is 6. The Kier molecular flexibility index (Phi) is 9.12. The van der Waals surface area contributed by atoms with E-state index in [9.17, 15) is 26.3 Å². The minimum absolute atomic E-state index is 0.0226. The molecule has 0 aromatic heterocycles. The molecule has 0 aliphatic carbocycles. The molecule has 44 heavy (non-hydrogen) atoms. The summed E-state index contributed by atoms with van der Waals surface area (Å²) in [6.07, 6.45) is -2.39. The zero-order valence-corrected chi connectivity index (χ0v) is 24.3. The highest BCUT2D eigenvalue weighted by Gasteiger charge is 2.39. The Morgan fingerprint density at radius 3 is 2.55 bits per heavy atom. The summed E-state index contributed by atoms with van der Waals surface area (Å²) in [6, 6.07) is 11.6. The minimum Gasteiger partial charge on any atom is -0.498 e. The number of nitrogens with zero attached hydrogens (tertiary/aromatic N) is 3. The molecule has 2 aromatic rings. The van der Waals surface area contributed by atoms with Crippen LogP contribution < -0.4 is 5.32 Å². The number of hydrogen-bond acceptors (Lipinski definition) is 3. The van der Waals surface area contributed by atoms with E-state index in [2.05, 4.69) is 15.3 Å². The fourth-order valence-electron chi connectivity index (χ4n) is 5.40. The normalized spacial score (nSPS) is 21.1. The quantitative estimate of drug-likeness (QED) is 0.343. The third-order valence-electron chi connectivity index (χ3n) is 7.81. The molecule has 5 nitrogen and oxygen atoms in total. The zero-order chi connectivity index (χ0) is 31.5. The molecular weight excluding hydrogens is 582 g/mol. The molecule has 3 aliphatic rings. The van der Waals surface area contributed by atoms with Crippen molar-refractivity contribution in [3.8, 4) is 0 Å². The number of nitrogens with one attached hydrogen (secondary N) is 1. The van der Waals surface area contributed by atoms with E-state index in [1.807, 2.05) is 43.3 Å². The van der Waals surface area contributed by atoms with E-state index in [1.54, 1.807) is 19.2 Å². The van der Waals surface area contributed by atoms with E-state index >= 15 is 0 Å². The molecule has 3 heterocycles. The Morgan fingerprint density at radius 2 is 1.82 bits per heavy atom. The van der Waals surface area contributed by atoms with Gasteiger partial charge in [0.1, 0.15) is 5.71 Å². The molecule has 11 heteroatoms. The smallest absolute Gasteiger partial charge is 0.417 e. The molecule has 1 N–H and O–H groups in total. The number of allylic oxidation sites excluding steroid dienone is 5. The van der Waals surface area contributed by atoms with Crippen LogP contribution in [0.25, 0.3) is 5.57 Å². The van der Waals surface area contributed by atoms with Crippen molar-refractivity contribution in [1.82, 2.24) is 5.32 Å². The van der Waals surface area contributed by atoms with Gasteiger partial charge in [0.05, 0.1) is 35.2 Å². The first kappa shape index (κ1) is 31.3. The van der Waals surface area contributed by atoms with Gasteiger partial charge in [-0.1, -0.05) is 48.0 Å². The lowest BCUT2D eigenvalue weighted by Gasteiger charge is -2.19. The van der Waals surface area contributed by atoms with E-state index < -0.39 is 23.5 Å². The van der Waals surface area contributed by atoms with Gasteiger partial charge in [-0.05, 0) is 67.5 Å². The number of benzene rings is 2. The molecule has 0 amide bonds. The predicted octanol–water partition coefficient (Wildman–Crippen LogP) is 8.72. The molecule has 232 valence electrons. The SMILES string of the molecule is CC1=C(c2ccc(C(F)(F)F)cc2C(F)(F)F)C=C(CC2CCC=C3NC(=NC(C)c4ccccc4)N=C3C=NC2)OCC1. The second-order valence-electron chi connectivity index (χ2n) is 11.1. The van der Waals surface area contributed by atoms with E-state index in [-0.39, 0.29) is 35.8 Å². The van der Waals surface area contributed by atoms with E-state index in [1.165, 1.54) is 0 Å². The molecule has 0 spiro atoms. The monoisotopic (exact) mass is 614 g/mol. The van der Waals surface area contributed by atoms with Gasteiger partial charge in [0, 0.05) is 25.6 Å². The lowest BCUT2D eigenvalue weighted by atomic mass is 9.91. The molecule has 0 bridgehead atoms. The number of aliphatic imine (C=N–C) groups is 3. The number of guanidine groups is 1. The maximum absolute atomic E-state index is 14.0. The Balaban J connectivity index is 1.34. The Bertz CT molecular complexity index is 1560. The second kappa shape index (κ2) is 12.8. The van der Waals surface area contributed by atoms with E-state index in [0.717, 1.165) is 23.7 Å². The number of ether oxygens (including phenoxy) is 1. The predicted molar refractivity (Wildman–Crippen MR) is 159 cm³/mol. The number of rotatable bonds is 5. The highest BCUT2D eigenvalue weighted by Crippen LogP contribution is 2.41. The van der Waals surface area contributed by atoms with Crippen molar-refractivity contribution in [3.63, 3.8) is 0 Å². The largest absolute Gasteiger partial charge is 0.498 e. The van der Waals surface area contributed by atoms with Crippen LogP contribution in [0.1, 0.15) is 67.8 Å². The van der Waals surface area contributed by atoms with Crippen molar-refractivity contribution in [2.24, 2.45) is 20.9 Å². The van der Waals surface area contributed by atoms with Crippen LogP contribution in [0, 0.1) is 5.92 Å². The fraction of sp³-hybridized carbons (Fsp3) is 0.364. The third kappa shape index (κ3) is 7.49. The maximum atomic E-state index is 14.0. The Labute approximate surface area is 251 Å². The van der Waals surface area contributed by atoms with Gasteiger partial charge in [-0.15, -0.1) is 0 Å². The lowest BCUT2D eigenvalue weighted by Crippen LogP contribution is -2.17. The first-order chi connectivity index (χ1) is 20.9. The van der Waals surface area contributed by atoms with Gasteiger partial charge in [-0.2, -0.15) is 26.3 Å². The number of alkyl halides is 6. The number of hydrogen-bond donors (Lipinski definition) is 1. The Morgan fingerprint density at radius 1 is 1.05 bits per heavy atom. The summed E-state index contributed by atoms with van der Waals surface area (Å²) >= 11 is 0.